The highest BCUT2D eigenvalue weighted by Crippen LogP contribution is 2.33. The van der Waals surface area contributed by atoms with Gasteiger partial charge in [0.15, 0.2) is 0 Å². The molecule has 1 saturated carbocycles. The highest BCUT2D eigenvalue weighted by Gasteiger charge is 2.27. The zero-order valence-corrected chi connectivity index (χ0v) is 9.46. The number of ketones is 1. The average molecular weight is 216 g/mol. The second-order valence-corrected chi connectivity index (χ2v) is 6.36. The van der Waals surface area contributed by atoms with E-state index in [1.54, 1.807) is 0 Å². The van der Waals surface area contributed by atoms with Gasteiger partial charge in [-0.15, -0.1) is 11.8 Å². The van der Waals surface area contributed by atoms with E-state index in [-0.39, 0.29) is 0 Å². The maximum atomic E-state index is 11.8. The van der Waals surface area contributed by atoms with Crippen LogP contribution >= 0.6 is 23.5 Å². The van der Waals surface area contributed by atoms with E-state index in [0.29, 0.717) is 11.0 Å². The van der Waals surface area contributed by atoms with E-state index in [1.165, 1.54) is 30.8 Å². The second kappa shape index (κ2) is 4.74. The molecule has 0 aromatic rings. The number of carbonyl (C=O) groups is 1. The summed E-state index contributed by atoms with van der Waals surface area (Å²) >= 11 is 3.82. The minimum atomic E-state index is 0.333. The van der Waals surface area contributed by atoms with Crippen LogP contribution in [0.5, 0.6) is 0 Å². The molecule has 0 amide bonds. The van der Waals surface area contributed by atoms with Crippen LogP contribution in [0.3, 0.4) is 0 Å². The van der Waals surface area contributed by atoms with Gasteiger partial charge in [0.25, 0.3) is 0 Å². The molecule has 0 radical (unpaired) electrons. The fourth-order valence-corrected chi connectivity index (χ4v) is 4.45. The van der Waals surface area contributed by atoms with Gasteiger partial charge in [-0.2, -0.15) is 11.8 Å². The van der Waals surface area contributed by atoms with E-state index in [1.807, 2.05) is 23.5 Å². The topological polar surface area (TPSA) is 17.1 Å². The van der Waals surface area contributed by atoms with Crippen molar-refractivity contribution in [1.29, 1.82) is 0 Å². The van der Waals surface area contributed by atoms with Crippen LogP contribution in [0.2, 0.25) is 0 Å². The molecule has 1 saturated heterocycles. The predicted molar refractivity (Wildman–Crippen MR) is 60.5 cm³/mol. The summed E-state index contributed by atoms with van der Waals surface area (Å²) in [6.45, 7) is 0. The van der Waals surface area contributed by atoms with Crippen molar-refractivity contribution in [3.63, 3.8) is 0 Å². The first-order valence-electron chi connectivity index (χ1n) is 5.08. The van der Waals surface area contributed by atoms with Gasteiger partial charge in [0.2, 0.25) is 0 Å². The third-order valence-corrected chi connectivity index (χ3v) is 5.69. The second-order valence-electron chi connectivity index (χ2n) is 3.90. The summed E-state index contributed by atoms with van der Waals surface area (Å²) in [6, 6.07) is 0. The van der Waals surface area contributed by atoms with Crippen LogP contribution in [-0.4, -0.2) is 28.3 Å². The molecular weight excluding hydrogens is 200 g/mol. The first-order chi connectivity index (χ1) is 6.36. The molecule has 1 atom stereocenters. The SMILES string of the molecule is O=C(CC1CCC1)C1CSCCS1. The third-order valence-electron chi connectivity index (χ3n) is 2.89. The van der Waals surface area contributed by atoms with Crippen LogP contribution in [-0.2, 0) is 4.79 Å². The number of rotatable bonds is 3. The summed E-state index contributed by atoms with van der Waals surface area (Å²) in [7, 11) is 0. The van der Waals surface area contributed by atoms with Gasteiger partial charge in [0.05, 0.1) is 5.25 Å². The Bertz CT molecular complexity index is 183. The quantitative estimate of drug-likeness (QED) is 0.722. The first kappa shape index (κ1) is 9.91. The molecule has 1 aliphatic heterocycles. The number of hydrogen-bond donors (Lipinski definition) is 0. The van der Waals surface area contributed by atoms with Crippen molar-refractivity contribution in [2.45, 2.75) is 30.9 Å². The van der Waals surface area contributed by atoms with Gasteiger partial charge < -0.3 is 0 Å². The Hall–Kier alpha value is 0.370. The molecule has 2 rings (SSSR count). The maximum absolute atomic E-state index is 11.8. The summed E-state index contributed by atoms with van der Waals surface area (Å²) in [6.07, 6.45) is 4.83. The molecule has 1 unspecified atom stereocenters. The van der Waals surface area contributed by atoms with E-state index >= 15 is 0 Å². The molecule has 0 aromatic heterocycles. The van der Waals surface area contributed by atoms with Crippen molar-refractivity contribution in [2.75, 3.05) is 17.3 Å². The summed E-state index contributed by atoms with van der Waals surface area (Å²) in [4.78, 5) is 11.8. The molecule has 2 aliphatic rings. The highest BCUT2D eigenvalue weighted by atomic mass is 32.2. The summed E-state index contributed by atoms with van der Waals surface area (Å²) < 4.78 is 0. The van der Waals surface area contributed by atoms with Crippen molar-refractivity contribution >= 4 is 29.3 Å². The molecule has 3 heteroatoms. The van der Waals surface area contributed by atoms with E-state index in [4.69, 9.17) is 0 Å². The number of carbonyl (C=O) groups excluding carboxylic acids is 1. The van der Waals surface area contributed by atoms with Gasteiger partial charge in [-0.05, 0) is 5.92 Å². The van der Waals surface area contributed by atoms with Crippen LogP contribution in [0.15, 0.2) is 0 Å². The molecule has 1 nitrogen and oxygen atoms in total. The van der Waals surface area contributed by atoms with Crippen LogP contribution in [0.25, 0.3) is 0 Å². The van der Waals surface area contributed by atoms with E-state index in [9.17, 15) is 4.79 Å². The zero-order chi connectivity index (χ0) is 9.10. The summed E-state index contributed by atoms with van der Waals surface area (Å²) in [5.41, 5.74) is 0. The number of thioether (sulfide) groups is 2. The van der Waals surface area contributed by atoms with Gasteiger partial charge >= 0.3 is 0 Å². The van der Waals surface area contributed by atoms with Gasteiger partial charge in [-0.25, -0.2) is 0 Å². The summed E-state index contributed by atoms with van der Waals surface area (Å²) in [5.74, 6) is 4.75. The van der Waals surface area contributed by atoms with Crippen molar-refractivity contribution in [1.82, 2.24) is 0 Å². The van der Waals surface area contributed by atoms with E-state index in [0.717, 1.165) is 18.1 Å². The lowest BCUT2D eigenvalue weighted by molar-refractivity contribution is -0.119. The standard InChI is InChI=1S/C10H16OS2/c11-9(6-8-2-1-3-8)10-7-12-4-5-13-10/h8,10H,1-7H2. The minimum absolute atomic E-state index is 0.333. The van der Waals surface area contributed by atoms with Crippen LogP contribution in [0.4, 0.5) is 0 Å². The van der Waals surface area contributed by atoms with Crippen molar-refractivity contribution in [3.05, 3.63) is 0 Å². The van der Waals surface area contributed by atoms with E-state index < -0.39 is 0 Å². The lowest BCUT2D eigenvalue weighted by atomic mass is 9.81. The molecule has 1 aliphatic carbocycles. The molecule has 0 spiro atoms. The smallest absolute Gasteiger partial charge is 0.146 e. The third kappa shape index (κ3) is 2.66. The van der Waals surface area contributed by atoms with Gasteiger partial charge in [0.1, 0.15) is 5.78 Å². The Balaban J connectivity index is 1.74. The highest BCUT2D eigenvalue weighted by molar-refractivity contribution is 8.07. The monoisotopic (exact) mass is 216 g/mol. The number of Topliss-reactive ketones (excluding diaryl/α,β-unsaturated/α-hetero) is 1. The fraction of sp³-hybridized carbons (Fsp3) is 0.900. The molecule has 0 aromatic carbocycles. The van der Waals surface area contributed by atoms with E-state index in [2.05, 4.69) is 0 Å². The Kier molecular flexibility index (Phi) is 3.61. The Labute approximate surface area is 88.4 Å². The minimum Gasteiger partial charge on any atom is -0.298 e. The molecule has 0 N–H and O–H groups in total. The van der Waals surface area contributed by atoms with Gasteiger partial charge in [0, 0.05) is 23.7 Å². The fourth-order valence-electron chi connectivity index (χ4n) is 1.79. The molecular formula is C10H16OS2. The Morgan fingerprint density at radius 3 is 2.69 bits per heavy atom. The molecule has 74 valence electrons. The zero-order valence-electron chi connectivity index (χ0n) is 7.83. The average Bonchev–Trinajstić information content (AvgIpc) is 2.12. The van der Waals surface area contributed by atoms with Gasteiger partial charge in [-0.3, -0.25) is 4.79 Å². The lowest BCUT2D eigenvalue weighted by Crippen LogP contribution is -2.27. The maximum Gasteiger partial charge on any atom is 0.146 e. The van der Waals surface area contributed by atoms with Crippen molar-refractivity contribution < 1.29 is 4.79 Å². The Morgan fingerprint density at radius 2 is 2.15 bits per heavy atom. The first-order valence-corrected chi connectivity index (χ1v) is 7.28. The Morgan fingerprint density at radius 1 is 1.31 bits per heavy atom. The lowest BCUT2D eigenvalue weighted by Gasteiger charge is -2.27. The summed E-state index contributed by atoms with van der Waals surface area (Å²) in [5, 5.41) is 0.333. The normalized spacial score (nSPS) is 29.7. The predicted octanol–water partition coefficient (Wildman–Crippen LogP) is 2.59. The van der Waals surface area contributed by atoms with Crippen LogP contribution in [0.1, 0.15) is 25.7 Å². The van der Waals surface area contributed by atoms with Crippen molar-refractivity contribution in [3.8, 4) is 0 Å². The number of hydrogen-bond acceptors (Lipinski definition) is 3. The largest absolute Gasteiger partial charge is 0.298 e. The molecule has 1 heterocycles. The van der Waals surface area contributed by atoms with Crippen molar-refractivity contribution in [2.24, 2.45) is 5.92 Å². The molecule has 13 heavy (non-hydrogen) atoms. The van der Waals surface area contributed by atoms with Crippen LogP contribution < -0.4 is 0 Å². The van der Waals surface area contributed by atoms with Crippen LogP contribution in [0, 0.1) is 5.92 Å². The molecule has 2 fully saturated rings. The van der Waals surface area contributed by atoms with Gasteiger partial charge in [-0.1, -0.05) is 19.3 Å². The molecule has 0 bridgehead atoms.